The molecule has 2 N–H and O–H groups in total. The van der Waals surface area contributed by atoms with Gasteiger partial charge in [-0.05, 0) is 30.0 Å². The summed E-state index contributed by atoms with van der Waals surface area (Å²) >= 11 is 1.70. The van der Waals surface area contributed by atoms with Gasteiger partial charge in [0.25, 0.3) is 0 Å². The van der Waals surface area contributed by atoms with Crippen molar-refractivity contribution in [2.75, 3.05) is 71.0 Å². The van der Waals surface area contributed by atoms with E-state index in [0.717, 1.165) is 67.2 Å². The Labute approximate surface area is 238 Å². The van der Waals surface area contributed by atoms with E-state index < -0.39 is 0 Å². The van der Waals surface area contributed by atoms with Gasteiger partial charge in [0.15, 0.2) is 0 Å². The summed E-state index contributed by atoms with van der Waals surface area (Å²) in [5.74, 6) is 0.753. The van der Waals surface area contributed by atoms with Gasteiger partial charge in [-0.15, -0.1) is 11.3 Å². The number of aromatic nitrogens is 2. The van der Waals surface area contributed by atoms with E-state index in [0.29, 0.717) is 26.3 Å². The van der Waals surface area contributed by atoms with Crippen molar-refractivity contribution in [1.82, 2.24) is 24.7 Å². The number of hydrogen-bond acceptors (Lipinski definition) is 8. The second-order valence-corrected chi connectivity index (χ2v) is 11.6. The molecule has 2 aromatic heterocycles. The van der Waals surface area contributed by atoms with Crippen LogP contribution in [0.1, 0.15) is 29.3 Å². The van der Waals surface area contributed by atoms with Crippen molar-refractivity contribution in [3.8, 4) is 0 Å². The van der Waals surface area contributed by atoms with Crippen LogP contribution in [0.3, 0.4) is 0 Å². The van der Waals surface area contributed by atoms with Crippen molar-refractivity contribution in [2.45, 2.75) is 18.9 Å². The van der Waals surface area contributed by atoms with Gasteiger partial charge in [0, 0.05) is 50.7 Å². The first kappa shape index (κ1) is 26.9. The first-order valence-electron chi connectivity index (χ1n) is 14.1. The third-order valence-corrected chi connectivity index (χ3v) is 9.12. The lowest BCUT2D eigenvalue weighted by molar-refractivity contribution is 0.0381. The van der Waals surface area contributed by atoms with Crippen LogP contribution in [0.15, 0.2) is 60.5 Å². The Morgan fingerprint density at radius 3 is 2.50 bits per heavy atom. The quantitative estimate of drug-likeness (QED) is 0.451. The normalized spacial score (nSPS) is 19.3. The number of rotatable bonds is 7. The van der Waals surface area contributed by atoms with Crippen LogP contribution in [-0.2, 0) is 4.74 Å². The predicted molar refractivity (Wildman–Crippen MR) is 158 cm³/mol. The van der Waals surface area contributed by atoms with Crippen molar-refractivity contribution in [3.05, 3.63) is 70.9 Å². The molecule has 2 amide bonds. The number of thiophene rings is 1. The van der Waals surface area contributed by atoms with E-state index >= 15 is 0 Å². The minimum Gasteiger partial charge on any atom is -0.394 e. The number of nitrogens with one attached hydrogen (secondary N) is 1. The van der Waals surface area contributed by atoms with Crippen molar-refractivity contribution in [3.63, 3.8) is 0 Å². The fraction of sp³-hybridized carbons (Fsp3) is 0.433. The van der Waals surface area contributed by atoms with Gasteiger partial charge >= 0.3 is 6.03 Å². The maximum absolute atomic E-state index is 12.8. The standard InChI is InChI=1S/C30H36N6O3S/c37-20-26(23-4-2-1-3-5-23)33-29-28-25(31-21-32-29)18-27(40-28)24-8-6-22(7-9-24)19-34-10-12-35(13-11-34)30(38)36-14-16-39-17-15-36/h1-6,8,18,21,26,37H,7,9-17,19-20H2,(H,31,32,33). The number of anilines is 1. The van der Waals surface area contributed by atoms with E-state index in [1.807, 2.05) is 40.1 Å². The summed E-state index contributed by atoms with van der Waals surface area (Å²) < 4.78 is 6.39. The first-order valence-corrected chi connectivity index (χ1v) is 14.9. The monoisotopic (exact) mass is 560 g/mol. The molecule has 2 saturated heterocycles. The molecule has 10 heteroatoms. The Bertz CT molecular complexity index is 1380. The topological polar surface area (TPSA) is 94.1 Å². The lowest BCUT2D eigenvalue weighted by Gasteiger charge is -2.38. The number of morpholine rings is 1. The number of carbonyl (C=O) groups excluding carboxylic acids is 1. The van der Waals surface area contributed by atoms with E-state index in [-0.39, 0.29) is 18.7 Å². The van der Waals surface area contributed by atoms with Crippen LogP contribution in [0.4, 0.5) is 10.6 Å². The van der Waals surface area contributed by atoms with Crippen LogP contribution in [0, 0.1) is 0 Å². The van der Waals surface area contributed by atoms with Crippen LogP contribution in [-0.4, -0.2) is 101 Å². The highest BCUT2D eigenvalue weighted by molar-refractivity contribution is 7.20. The van der Waals surface area contributed by atoms with Gasteiger partial charge in [-0.3, -0.25) is 4.90 Å². The number of fused-ring (bicyclic) bond motifs is 1. The maximum Gasteiger partial charge on any atom is 0.320 e. The summed E-state index contributed by atoms with van der Waals surface area (Å²) in [6, 6.07) is 12.0. The molecular weight excluding hydrogens is 524 g/mol. The molecule has 0 spiro atoms. The van der Waals surface area contributed by atoms with Crippen LogP contribution in [0.5, 0.6) is 0 Å². The SMILES string of the molecule is O=C(N1CCOCC1)N1CCN(CC2=CC=C(c3cc4ncnc(NC(CO)c5ccccc5)c4s3)CC2)CC1. The third kappa shape index (κ3) is 6.05. The zero-order valence-corrected chi connectivity index (χ0v) is 23.5. The zero-order valence-electron chi connectivity index (χ0n) is 22.7. The van der Waals surface area contributed by atoms with Crippen molar-refractivity contribution in [2.24, 2.45) is 0 Å². The molecule has 1 atom stereocenters. The molecular formula is C30H36N6O3S. The van der Waals surface area contributed by atoms with Crippen molar-refractivity contribution < 1.29 is 14.6 Å². The van der Waals surface area contributed by atoms with Gasteiger partial charge in [-0.25, -0.2) is 14.8 Å². The van der Waals surface area contributed by atoms with Gasteiger partial charge in [-0.2, -0.15) is 0 Å². The summed E-state index contributed by atoms with van der Waals surface area (Å²) in [5, 5.41) is 13.4. The van der Waals surface area contributed by atoms with Crippen molar-refractivity contribution >= 4 is 39.0 Å². The summed E-state index contributed by atoms with van der Waals surface area (Å²) in [4.78, 5) is 29.4. The fourth-order valence-electron chi connectivity index (χ4n) is 5.56. The average Bonchev–Trinajstić information content (AvgIpc) is 3.46. The molecule has 4 heterocycles. The molecule has 1 aromatic carbocycles. The number of nitrogens with zero attached hydrogens (tertiary/aromatic N) is 5. The Morgan fingerprint density at radius 1 is 1.00 bits per heavy atom. The fourth-order valence-corrected chi connectivity index (χ4v) is 6.67. The molecule has 6 rings (SSSR count). The number of allylic oxidation sites excluding steroid dienone is 3. The Morgan fingerprint density at radius 2 is 1.77 bits per heavy atom. The number of piperazine rings is 1. The number of ether oxygens (including phenoxy) is 1. The maximum atomic E-state index is 12.8. The number of benzene rings is 1. The lowest BCUT2D eigenvalue weighted by atomic mass is 9.97. The number of amides is 2. The number of carbonyl (C=O) groups is 1. The molecule has 9 nitrogen and oxygen atoms in total. The molecule has 2 fully saturated rings. The van der Waals surface area contributed by atoms with Crippen LogP contribution < -0.4 is 5.32 Å². The molecule has 0 bridgehead atoms. The average molecular weight is 561 g/mol. The van der Waals surface area contributed by atoms with Crippen LogP contribution in [0.2, 0.25) is 0 Å². The van der Waals surface area contributed by atoms with E-state index in [1.165, 1.54) is 16.0 Å². The Balaban J connectivity index is 1.08. The van der Waals surface area contributed by atoms with Gasteiger partial charge < -0.3 is 25.0 Å². The summed E-state index contributed by atoms with van der Waals surface area (Å²) in [6.45, 7) is 6.99. The molecule has 3 aromatic rings. The minimum atomic E-state index is -0.233. The number of hydrogen-bond donors (Lipinski definition) is 2. The van der Waals surface area contributed by atoms with Crippen molar-refractivity contribution in [1.29, 1.82) is 0 Å². The van der Waals surface area contributed by atoms with Crippen LogP contribution >= 0.6 is 11.3 Å². The highest BCUT2D eigenvalue weighted by atomic mass is 32.1. The van der Waals surface area contributed by atoms with E-state index in [9.17, 15) is 9.90 Å². The molecule has 0 radical (unpaired) electrons. The van der Waals surface area contributed by atoms with Gasteiger partial charge in [0.05, 0.1) is 36.1 Å². The largest absolute Gasteiger partial charge is 0.394 e. The Hall–Kier alpha value is -3.31. The van der Waals surface area contributed by atoms with E-state index in [4.69, 9.17) is 4.74 Å². The highest BCUT2D eigenvalue weighted by Crippen LogP contribution is 2.37. The number of aliphatic hydroxyl groups is 1. The highest BCUT2D eigenvalue weighted by Gasteiger charge is 2.27. The molecule has 40 heavy (non-hydrogen) atoms. The molecule has 0 saturated carbocycles. The summed E-state index contributed by atoms with van der Waals surface area (Å²) in [7, 11) is 0. The molecule has 3 aliphatic rings. The smallest absolute Gasteiger partial charge is 0.320 e. The van der Waals surface area contributed by atoms with Gasteiger partial charge in [0.1, 0.15) is 12.1 Å². The second-order valence-electron chi connectivity index (χ2n) is 10.5. The third-order valence-electron chi connectivity index (χ3n) is 7.91. The van der Waals surface area contributed by atoms with Gasteiger partial charge in [0.2, 0.25) is 0 Å². The molecule has 2 aliphatic heterocycles. The molecule has 210 valence electrons. The predicted octanol–water partition coefficient (Wildman–Crippen LogP) is 4.01. The zero-order chi connectivity index (χ0) is 27.3. The van der Waals surface area contributed by atoms with Gasteiger partial charge in [-0.1, -0.05) is 48.1 Å². The minimum absolute atomic E-state index is 0.0221. The Kier molecular flexibility index (Phi) is 8.38. The molecule has 1 unspecified atom stereocenters. The summed E-state index contributed by atoms with van der Waals surface area (Å²) in [5.41, 5.74) is 4.70. The van der Waals surface area contributed by atoms with E-state index in [1.54, 1.807) is 17.7 Å². The first-order chi connectivity index (χ1) is 19.7. The number of urea groups is 1. The van der Waals surface area contributed by atoms with Crippen LogP contribution in [0.25, 0.3) is 15.8 Å². The van der Waals surface area contributed by atoms with E-state index in [2.05, 4.69) is 38.4 Å². The second kappa shape index (κ2) is 12.5. The number of aliphatic hydroxyl groups excluding tert-OH is 1. The lowest BCUT2D eigenvalue weighted by Crippen LogP contribution is -2.54. The molecule has 1 aliphatic carbocycles. The summed E-state index contributed by atoms with van der Waals surface area (Å²) in [6.07, 6.45) is 8.14.